The standard InChI is InChI=1S/C14H21N/c1-11(2)15-9-8-14(10-15)13-6-4-12(3)5-7-13/h4-7,11,14H,8-10H2,1-3H3. The zero-order valence-electron chi connectivity index (χ0n) is 10.0. The summed E-state index contributed by atoms with van der Waals surface area (Å²) in [5.41, 5.74) is 2.88. The summed E-state index contributed by atoms with van der Waals surface area (Å²) in [6.07, 6.45) is 1.32. The summed E-state index contributed by atoms with van der Waals surface area (Å²) in [7, 11) is 0. The summed E-state index contributed by atoms with van der Waals surface area (Å²) < 4.78 is 0. The van der Waals surface area contributed by atoms with E-state index in [1.54, 1.807) is 0 Å². The lowest BCUT2D eigenvalue weighted by Gasteiger charge is -2.20. The van der Waals surface area contributed by atoms with Gasteiger partial charge in [-0.05, 0) is 45.2 Å². The van der Waals surface area contributed by atoms with E-state index in [0.717, 1.165) is 5.92 Å². The number of rotatable bonds is 2. The molecule has 1 aliphatic rings. The molecule has 15 heavy (non-hydrogen) atoms. The van der Waals surface area contributed by atoms with E-state index < -0.39 is 0 Å². The van der Waals surface area contributed by atoms with Crippen LogP contribution in [0.15, 0.2) is 24.3 Å². The van der Waals surface area contributed by atoms with E-state index in [1.807, 2.05) is 0 Å². The van der Waals surface area contributed by atoms with Crippen molar-refractivity contribution in [2.45, 2.75) is 39.2 Å². The molecule has 1 aliphatic heterocycles. The van der Waals surface area contributed by atoms with Crippen LogP contribution in [-0.4, -0.2) is 24.0 Å². The average molecular weight is 203 g/mol. The summed E-state index contributed by atoms with van der Waals surface area (Å²) in [6, 6.07) is 9.74. The van der Waals surface area contributed by atoms with Crippen molar-refractivity contribution >= 4 is 0 Å². The number of nitrogens with zero attached hydrogens (tertiary/aromatic N) is 1. The van der Waals surface area contributed by atoms with Gasteiger partial charge in [0, 0.05) is 12.6 Å². The molecule has 2 rings (SSSR count). The molecule has 0 spiro atoms. The smallest absolute Gasteiger partial charge is 0.00535 e. The fourth-order valence-electron chi connectivity index (χ4n) is 2.37. The molecule has 1 nitrogen and oxygen atoms in total. The molecule has 82 valence electrons. The molecule has 0 aliphatic carbocycles. The molecule has 1 aromatic carbocycles. The molecule has 1 aromatic rings. The molecular formula is C14H21N. The second kappa shape index (κ2) is 4.36. The maximum Gasteiger partial charge on any atom is 0.00535 e. The summed E-state index contributed by atoms with van der Waals surface area (Å²) in [4.78, 5) is 2.57. The number of likely N-dealkylation sites (tertiary alicyclic amines) is 1. The fraction of sp³-hybridized carbons (Fsp3) is 0.571. The van der Waals surface area contributed by atoms with Crippen molar-refractivity contribution in [2.24, 2.45) is 0 Å². The quantitative estimate of drug-likeness (QED) is 0.713. The minimum Gasteiger partial charge on any atom is -0.300 e. The van der Waals surface area contributed by atoms with Gasteiger partial charge >= 0.3 is 0 Å². The Hall–Kier alpha value is -0.820. The van der Waals surface area contributed by atoms with Gasteiger partial charge in [0.1, 0.15) is 0 Å². The normalized spacial score (nSPS) is 22.5. The van der Waals surface area contributed by atoms with Crippen molar-refractivity contribution in [2.75, 3.05) is 13.1 Å². The molecule has 0 radical (unpaired) electrons. The lowest BCUT2D eigenvalue weighted by atomic mass is 9.97. The van der Waals surface area contributed by atoms with Gasteiger partial charge in [-0.25, -0.2) is 0 Å². The van der Waals surface area contributed by atoms with Gasteiger partial charge in [0.15, 0.2) is 0 Å². The van der Waals surface area contributed by atoms with Crippen molar-refractivity contribution in [3.05, 3.63) is 35.4 Å². The van der Waals surface area contributed by atoms with Crippen LogP contribution < -0.4 is 0 Å². The first-order chi connectivity index (χ1) is 7.16. The lowest BCUT2D eigenvalue weighted by molar-refractivity contribution is 0.272. The molecule has 1 unspecified atom stereocenters. The zero-order valence-corrected chi connectivity index (χ0v) is 10.0. The predicted octanol–water partition coefficient (Wildman–Crippen LogP) is 3.19. The Labute approximate surface area is 93.1 Å². The van der Waals surface area contributed by atoms with E-state index in [0.29, 0.717) is 6.04 Å². The molecule has 0 N–H and O–H groups in total. The first-order valence-corrected chi connectivity index (χ1v) is 5.97. The van der Waals surface area contributed by atoms with E-state index in [9.17, 15) is 0 Å². The first-order valence-electron chi connectivity index (χ1n) is 5.97. The Morgan fingerprint density at radius 2 is 1.87 bits per heavy atom. The van der Waals surface area contributed by atoms with Gasteiger partial charge in [-0.1, -0.05) is 29.8 Å². The highest BCUT2D eigenvalue weighted by molar-refractivity contribution is 5.25. The molecule has 0 amide bonds. The van der Waals surface area contributed by atoms with E-state index in [4.69, 9.17) is 0 Å². The Morgan fingerprint density at radius 1 is 1.20 bits per heavy atom. The van der Waals surface area contributed by atoms with Gasteiger partial charge < -0.3 is 4.90 Å². The zero-order chi connectivity index (χ0) is 10.8. The molecule has 1 fully saturated rings. The van der Waals surface area contributed by atoms with Crippen molar-refractivity contribution < 1.29 is 0 Å². The van der Waals surface area contributed by atoms with Crippen LogP contribution in [0.25, 0.3) is 0 Å². The van der Waals surface area contributed by atoms with E-state index in [2.05, 4.69) is 49.9 Å². The lowest BCUT2D eigenvalue weighted by Crippen LogP contribution is -2.27. The van der Waals surface area contributed by atoms with Crippen LogP contribution in [0.5, 0.6) is 0 Å². The van der Waals surface area contributed by atoms with Crippen LogP contribution >= 0.6 is 0 Å². The third-order valence-corrected chi connectivity index (χ3v) is 3.50. The van der Waals surface area contributed by atoms with Crippen LogP contribution in [0, 0.1) is 6.92 Å². The Bertz CT molecular complexity index is 313. The van der Waals surface area contributed by atoms with Gasteiger partial charge in [0.05, 0.1) is 0 Å². The van der Waals surface area contributed by atoms with Gasteiger partial charge in [-0.3, -0.25) is 0 Å². The molecule has 0 aromatic heterocycles. The number of hydrogen-bond acceptors (Lipinski definition) is 1. The minimum atomic E-state index is 0.695. The monoisotopic (exact) mass is 203 g/mol. The molecule has 1 heterocycles. The van der Waals surface area contributed by atoms with Gasteiger partial charge in [-0.2, -0.15) is 0 Å². The number of hydrogen-bond donors (Lipinski definition) is 0. The van der Waals surface area contributed by atoms with Crippen molar-refractivity contribution in [1.29, 1.82) is 0 Å². The SMILES string of the molecule is Cc1ccc(C2CCN(C(C)C)C2)cc1. The molecule has 1 saturated heterocycles. The van der Waals surface area contributed by atoms with Crippen molar-refractivity contribution in [1.82, 2.24) is 4.90 Å². The van der Waals surface area contributed by atoms with Gasteiger partial charge in [-0.15, -0.1) is 0 Å². The van der Waals surface area contributed by atoms with E-state index in [1.165, 1.54) is 30.6 Å². The second-order valence-electron chi connectivity index (χ2n) is 4.98. The first kappa shape index (κ1) is 10.7. The van der Waals surface area contributed by atoms with Crippen LogP contribution in [0.3, 0.4) is 0 Å². The van der Waals surface area contributed by atoms with Crippen molar-refractivity contribution in [3.8, 4) is 0 Å². The third kappa shape index (κ3) is 2.40. The molecular weight excluding hydrogens is 182 g/mol. The molecule has 0 saturated carbocycles. The fourth-order valence-corrected chi connectivity index (χ4v) is 2.37. The largest absolute Gasteiger partial charge is 0.300 e. The summed E-state index contributed by atoms with van der Waals surface area (Å²) in [6.45, 7) is 9.23. The Morgan fingerprint density at radius 3 is 2.40 bits per heavy atom. The highest BCUT2D eigenvalue weighted by atomic mass is 15.2. The summed E-state index contributed by atoms with van der Waals surface area (Å²) in [5, 5.41) is 0. The number of benzene rings is 1. The molecule has 1 atom stereocenters. The predicted molar refractivity (Wildman–Crippen MR) is 65.2 cm³/mol. The van der Waals surface area contributed by atoms with E-state index in [-0.39, 0.29) is 0 Å². The molecule has 0 bridgehead atoms. The highest BCUT2D eigenvalue weighted by Crippen LogP contribution is 2.28. The second-order valence-corrected chi connectivity index (χ2v) is 4.98. The minimum absolute atomic E-state index is 0.695. The van der Waals surface area contributed by atoms with Gasteiger partial charge in [0.25, 0.3) is 0 Å². The van der Waals surface area contributed by atoms with E-state index >= 15 is 0 Å². The Kier molecular flexibility index (Phi) is 3.11. The number of aryl methyl sites for hydroxylation is 1. The maximum absolute atomic E-state index is 2.57. The third-order valence-electron chi connectivity index (χ3n) is 3.50. The van der Waals surface area contributed by atoms with Crippen LogP contribution in [0.4, 0.5) is 0 Å². The van der Waals surface area contributed by atoms with Gasteiger partial charge in [0.2, 0.25) is 0 Å². The topological polar surface area (TPSA) is 3.24 Å². The maximum atomic E-state index is 2.57. The summed E-state index contributed by atoms with van der Waals surface area (Å²) >= 11 is 0. The molecule has 1 heteroatoms. The highest BCUT2D eigenvalue weighted by Gasteiger charge is 2.24. The average Bonchev–Trinajstić information content (AvgIpc) is 2.68. The van der Waals surface area contributed by atoms with Crippen LogP contribution in [-0.2, 0) is 0 Å². The van der Waals surface area contributed by atoms with Crippen LogP contribution in [0.1, 0.15) is 37.3 Å². The summed E-state index contributed by atoms with van der Waals surface area (Å²) in [5.74, 6) is 0.757. The Balaban J connectivity index is 2.04. The van der Waals surface area contributed by atoms with Crippen LogP contribution in [0.2, 0.25) is 0 Å². The van der Waals surface area contributed by atoms with Crippen molar-refractivity contribution in [3.63, 3.8) is 0 Å².